The lowest BCUT2D eigenvalue weighted by Crippen LogP contribution is -2.03. The zero-order valence-electron chi connectivity index (χ0n) is 22.8. The van der Waals surface area contributed by atoms with Gasteiger partial charge < -0.3 is 0 Å². The van der Waals surface area contributed by atoms with Gasteiger partial charge in [0.25, 0.3) is 0 Å². The summed E-state index contributed by atoms with van der Waals surface area (Å²) >= 11 is 0. The van der Waals surface area contributed by atoms with E-state index in [4.69, 9.17) is 0 Å². The molecule has 0 heterocycles. The topological polar surface area (TPSA) is 0 Å². The van der Waals surface area contributed by atoms with Crippen LogP contribution in [0, 0.1) is 5.92 Å². The van der Waals surface area contributed by atoms with Gasteiger partial charge in [0.15, 0.2) is 0 Å². The number of rotatable bonds is 1. The monoisotopic (exact) mass is 449 g/mol. The summed E-state index contributed by atoms with van der Waals surface area (Å²) in [5, 5.41) is 0. The zero-order valence-corrected chi connectivity index (χ0v) is 22.8. The molecule has 0 N–H and O–H groups in total. The lowest BCUT2D eigenvalue weighted by atomic mass is 9.88. The summed E-state index contributed by atoms with van der Waals surface area (Å²) in [5.41, 5.74) is 0. The van der Waals surface area contributed by atoms with Crippen LogP contribution in [-0.4, -0.2) is 0 Å². The van der Waals surface area contributed by atoms with Crippen molar-refractivity contribution in [1.82, 2.24) is 0 Å². The summed E-state index contributed by atoms with van der Waals surface area (Å²) in [6.07, 6.45) is 44.9. The number of hydrogen-bond acceptors (Lipinski definition) is 0. The molecule has 5 aliphatic carbocycles. The molecule has 5 fully saturated rings. The average Bonchev–Trinajstić information content (AvgIpc) is 3.21. The molecule has 0 radical (unpaired) electrons. The summed E-state index contributed by atoms with van der Waals surface area (Å²) in [5.74, 6) is 1.09. The van der Waals surface area contributed by atoms with Crippen molar-refractivity contribution in [3.05, 3.63) is 0 Å². The van der Waals surface area contributed by atoms with Crippen LogP contribution in [0.4, 0.5) is 0 Å². The van der Waals surface area contributed by atoms with E-state index < -0.39 is 0 Å². The highest BCUT2D eigenvalue weighted by Gasteiger charge is 2.09. The summed E-state index contributed by atoms with van der Waals surface area (Å²) in [6, 6.07) is 0. The van der Waals surface area contributed by atoms with E-state index >= 15 is 0 Å². The molecule has 0 bridgehead atoms. The van der Waals surface area contributed by atoms with Crippen LogP contribution in [-0.2, 0) is 0 Å². The van der Waals surface area contributed by atoms with E-state index in [2.05, 4.69) is 6.92 Å². The Morgan fingerprint density at radius 2 is 0.438 bits per heavy atom. The largest absolute Gasteiger partial charge is 0.0651 e. The first-order valence-corrected chi connectivity index (χ1v) is 15.9. The Labute approximate surface area is 205 Å². The van der Waals surface area contributed by atoms with Gasteiger partial charge in [-0.1, -0.05) is 200 Å². The Kier molecular flexibility index (Phi) is 24.0. The van der Waals surface area contributed by atoms with Gasteiger partial charge in [-0.25, -0.2) is 0 Å². The predicted octanol–water partition coefficient (Wildman–Crippen LogP) is 12.3. The first-order chi connectivity index (χ1) is 15.9. The third-order valence-electron chi connectivity index (χ3n) is 8.30. The van der Waals surface area contributed by atoms with Gasteiger partial charge in [-0.15, -0.1) is 0 Å². The molecular weight excluding hydrogens is 384 g/mol. The van der Waals surface area contributed by atoms with Crippen molar-refractivity contribution in [2.24, 2.45) is 5.92 Å². The summed E-state index contributed by atoms with van der Waals surface area (Å²) in [4.78, 5) is 0. The van der Waals surface area contributed by atoms with Crippen LogP contribution in [0.15, 0.2) is 0 Å². The molecule has 0 aliphatic heterocycles. The summed E-state index contributed by atoms with van der Waals surface area (Å²) in [6.45, 7) is 2.32. The van der Waals surface area contributed by atoms with Crippen molar-refractivity contribution in [3.63, 3.8) is 0 Å². The molecule has 192 valence electrons. The van der Waals surface area contributed by atoms with E-state index in [1.807, 2.05) is 0 Å². The summed E-state index contributed by atoms with van der Waals surface area (Å²) in [7, 11) is 0. The van der Waals surface area contributed by atoms with Crippen molar-refractivity contribution < 1.29 is 0 Å². The molecular formula is C32H64. The van der Waals surface area contributed by atoms with Crippen LogP contribution >= 0.6 is 0 Å². The maximum Gasteiger partial charge on any atom is -0.0417 e. The normalized spacial score (nSPS) is 23.9. The maximum atomic E-state index is 2.32. The van der Waals surface area contributed by atoms with Gasteiger partial charge in [0.05, 0.1) is 0 Å². The minimum absolute atomic E-state index is 1.09. The Morgan fingerprint density at radius 3 is 0.562 bits per heavy atom. The van der Waals surface area contributed by atoms with Crippen LogP contribution in [0.3, 0.4) is 0 Å². The fourth-order valence-electron chi connectivity index (χ4n) is 5.38. The molecule has 0 aromatic heterocycles. The van der Waals surface area contributed by atoms with Crippen molar-refractivity contribution in [1.29, 1.82) is 0 Å². The van der Waals surface area contributed by atoms with Gasteiger partial charge >= 0.3 is 0 Å². The lowest BCUT2D eigenvalue weighted by Gasteiger charge is -2.18. The van der Waals surface area contributed by atoms with Crippen LogP contribution < -0.4 is 0 Å². The fraction of sp³-hybridized carbons (Fsp3) is 1.00. The highest BCUT2D eigenvalue weighted by atomic mass is 14.2. The first kappa shape index (κ1) is 30.0. The van der Waals surface area contributed by atoms with Gasteiger partial charge in [0.1, 0.15) is 0 Å². The SMILES string of the molecule is C1CCC1.C1CCCC1.C1CCCCCC1.C1CCCCCCC1.CCC1CCCCC1. The quantitative estimate of drug-likeness (QED) is 0.350. The van der Waals surface area contributed by atoms with Crippen molar-refractivity contribution in [2.45, 2.75) is 200 Å². The maximum absolute atomic E-state index is 2.32. The molecule has 0 heteroatoms. The average molecular weight is 449 g/mol. The zero-order chi connectivity index (χ0) is 22.8. The third kappa shape index (κ3) is 21.8. The second-order valence-corrected chi connectivity index (χ2v) is 11.4. The van der Waals surface area contributed by atoms with Crippen LogP contribution in [0.2, 0.25) is 0 Å². The molecule has 5 aliphatic rings. The second kappa shape index (κ2) is 25.6. The predicted molar refractivity (Wildman–Crippen MR) is 148 cm³/mol. The Hall–Kier alpha value is 0. The Balaban J connectivity index is 0.000000204. The molecule has 0 saturated heterocycles. The van der Waals surface area contributed by atoms with Crippen LogP contribution in [0.25, 0.3) is 0 Å². The van der Waals surface area contributed by atoms with Crippen LogP contribution in [0.1, 0.15) is 200 Å². The van der Waals surface area contributed by atoms with Crippen LogP contribution in [0.5, 0.6) is 0 Å². The fourth-order valence-corrected chi connectivity index (χ4v) is 5.38. The molecule has 0 unspecified atom stereocenters. The smallest absolute Gasteiger partial charge is 0.0417 e. The van der Waals surface area contributed by atoms with E-state index in [1.165, 1.54) is 193 Å². The van der Waals surface area contributed by atoms with E-state index in [0.29, 0.717) is 0 Å². The van der Waals surface area contributed by atoms with E-state index in [1.54, 1.807) is 0 Å². The lowest BCUT2D eigenvalue weighted by molar-refractivity contribution is 0.349. The van der Waals surface area contributed by atoms with Gasteiger partial charge in [0, 0.05) is 0 Å². The standard InChI is InChI=1S/2C8H16.C7H14.C5H10.C4H8/c1-2-8-6-4-3-5-7-8;1-2-4-6-8-7-5-3-1;1-2-4-6-7-5-3-1;1-2-4-5-3-1;1-2-4-3-1/h8H,2-7H2,1H3;1-8H2;1-7H2;1-5H2;1-4H2. The van der Waals surface area contributed by atoms with Crippen molar-refractivity contribution in [3.8, 4) is 0 Å². The van der Waals surface area contributed by atoms with Crippen molar-refractivity contribution >= 4 is 0 Å². The molecule has 0 atom stereocenters. The Morgan fingerprint density at radius 1 is 0.281 bits per heavy atom. The first-order valence-electron chi connectivity index (χ1n) is 15.9. The third-order valence-corrected chi connectivity index (χ3v) is 8.30. The Bertz CT molecular complexity index is 264. The van der Waals surface area contributed by atoms with E-state index in [-0.39, 0.29) is 0 Å². The van der Waals surface area contributed by atoms with Gasteiger partial charge in [-0.05, 0) is 5.92 Å². The van der Waals surface area contributed by atoms with E-state index in [9.17, 15) is 0 Å². The second-order valence-electron chi connectivity index (χ2n) is 11.4. The highest BCUT2D eigenvalue weighted by Crippen LogP contribution is 2.25. The van der Waals surface area contributed by atoms with E-state index in [0.717, 1.165) is 5.92 Å². The van der Waals surface area contributed by atoms with Gasteiger partial charge in [-0.2, -0.15) is 0 Å². The molecule has 32 heavy (non-hydrogen) atoms. The molecule has 0 spiro atoms. The minimum atomic E-state index is 1.09. The molecule has 0 nitrogen and oxygen atoms in total. The minimum Gasteiger partial charge on any atom is -0.0651 e. The number of hydrogen-bond donors (Lipinski definition) is 0. The molecule has 0 aromatic carbocycles. The molecule has 0 aromatic rings. The summed E-state index contributed by atoms with van der Waals surface area (Å²) < 4.78 is 0. The van der Waals surface area contributed by atoms with Crippen molar-refractivity contribution in [2.75, 3.05) is 0 Å². The van der Waals surface area contributed by atoms with Gasteiger partial charge in [-0.3, -0.25) is 0 Å². The molecule has 5 rings (SSSR count). The highest BCUT2D eigenvalue weighted by molar-refractivity contribution is 4.63. The van der Waals surface area contributed by atoms with Gasteiger partial charge in [0.2, 0.25) is 0 Å². The molecule has 0 amide bonds. The molecule has 5 saturated carbocycles.